The summed E-state index contributed by atoms with van der Waals surface area (Å²) in [7, 11) is 5.53. The third-order valence-electron chi connectivity index (χ3n) is 4.51. The van der Waals surface area contributed by atoms with Crippen LogP contribution in [0.5, 0.6) is 5.75 Å². The second-order valence-corrected chi connectivity index (χ2v) is 7.08. The van der Waals surface area contributed by atoms with Crippen molar-refractivity contribution in [1.82, 2.24) is 15.5 Å². The van der Waals surface area contributed by atoms with E-state index in [-0.39, 0.29) is 24.4 Å². The fraction of sp³-hybridized carbons (Fsp3) is 0.364. The Morgan fingerprint density at radius 2 is 1.68 bits per heavy atom. The number of likely N-dealkylation sites (N-methyl/N-ethyl adjacent to an activating group) is 1. The van der Waals surface area contributed by atoms with Gasteiger partial charge in [0.1, 0.15) is 5.75 Å². The highest BCUT2D eigenvalue weighted by molar-refractivity contribution is 5.96. The molecule has 2 amide bonds. The molecule has 1 unspecified atom stereocenters. The molecule has 150 valence electrons. The maximum Gasteiger partial charge on any atom is 0.251 e. The van der Waals surface area contributed by atoms with Gasteiger partial charge in [0, 0.05) is 17.7 Å². The number of carbonyl (C=O) groups excluding carboxylic acids is 2. The van der Waals surface area contributed by atoms with Crippen LogP contribution in [0.4, 0.5) is 0 Å². The lowest BCUT2D eigenvalue weighted by atomic mass is 10.0. The van der Waals surface area contributed by atoms with Gasteiger partial charge in [-0.15, -0.1) is 0 Å². The molecule has 2 N–H and O–H groups in total. The van der Waals surface area contributed by atoms with E-state index in [9.17, 15) is 9.59 Å². The molecule has 0 saturated carbocycles. The number of hydrogen-bond donors (Lipinski definition) is 2. The van der Waals surface area contributed by atoms with Crippen LogP contribution in [0, 0.1) is 13.8 Å². The summed E-state index contributed by atoms with van der Waals surface area (Å²) >= 11 is 0. The molecule has 2 aromatic carbocycles. The first kappa shape index (κ1) is 21.4. The van der Waals surface area contributed by atoms with Crippen molar-refractivity contribution in [2.24, 2.45) is 0 Å². The van der Waals surface area contributed by atoms with Crippen molar-refractivity contribution in [2.75, 3.05) is 34.3 Å². The average Bonchev–Trinajstić information content (AvgIpc) is 2.65. The van der Waals surface area contributed by atoms with E-state index in [1.165, 1.54) is 0 Å². The van der Waals surface area contributed by atoms with E-state index in [0.717, 1.165) is 22.4 Å². The van der Waals surface area contributed by atoms with Gasteiger partial charge in [-0.05, 0) is 46.1 Å². The summed E-state index contributed by atoms with van der Waals surface area (Å²) in [5.74, 6) is 0.286. The summed E-state index contributed by atoms with van der Waals surface area (Å²) in [6.07, 6.45) is 0. The number of carbonyl (C=O) groups is 2. The number of amides is 2. The molecule has 0 fully saturated rings. The zero-order valence-corrected chi connectivity index (χ0v) is 17.2. The topological polar surface area (TPSA) is 70.7 Å². The molecule has 0 heterocycles. The van der Waals surface area contributed by atoms with Crippen molar-refractivity contribution in [3.8, 4) is 5.75 Å². The minimum absolute atomic E-state index is 0.0461. The number of para-hydroxylation sites is 1. The maximum atomic E-state index is 12.3. The van der Waals surface area contributed by atoms with E-state index in [0.29, 0.717) is 12.1 Å². The summed E-state index contributed by atoms with van der Waals surface area (Å²) < 4.78 is 5.43. The molecular weight excluding hydrogens is 354 g/mol. The van der Waals surface area contributed by atoms with Crippen LogP contribution in [0.2, 0.25) is 0 Å². The van der Waals surface area contributed by atoms with Crippen molar-refractivity contribution < 1.29 is 14.3 Å². The van der Waals surface area contributed by atoms with Crippen molar-refractivity contribution in [1.29, 1.82) is 0 Å². The summed E-state index contributed by atoms with van der Waals surface area (Å²) in [6.45, 7) is 4.22. The monoisotopic (exact) mass is 383 g/mol. The number of benzene rings is 2. The van der Waals surface area contributed by atoms with Crippen LogP contribution in [-0.4, -0.2) is 51.0 Å². The highest BCUT2D eigenvalue weighted by Gasteiger charge is 2.19. The zero-order valence-electron chi connectivity index (χ0n) is 17.2. The normalized spacial score (nSPS) is 11.8. The summed E-state index contributed by atoms with van der Waals surface area (Å²) in [4.78, 5) is 26.6. The largest absolute Gasteiger partial charge is 0.496 e. The van der Waals surface area contributed by atoms with Crippen LogP contribution in [0.3, 0.4) is 0 Å². The molecule has 1 atom stereocenters. The molecule has 0 aliphatic carbocycles. The van der Waals surface area contributed by atoms with Crippen LogP contribution in [0.25, 0.3) is 0 Å². The zero-order chi connectivity index (χ0) is 20.7. The molecule has 6 nitrogen and oxygen atoms in total. The predicted molar refractivity (Wildman–Crippen MR) is 111 cm³/mol. The van der Waals surface area contributed by atoms with Gasteiger partial charge < -0.3 is 20.3 Å². The molecule has 0 saturated heterocycles. The van der Waals surface area contributed by atoms with Gasteiger partial charge in [0.15, 0.2) is 0 Å². The minimum Gasteiger partial charge on any atom is -0.496 e. The Morgan fingerprint density at radius 3 is 2.29 bits per heavy atom. The molecule has 0 aromatic heterocycles. The number of aryl methyl sites for hydroxylation is 2. The Kier molecular flexibility index (Phi) is 7.58. The number of nitrogens with one attached hydrogen (secondary N) is 2. The van der Waals surface area contributed by atoms with Gasteiger partial charge in [-0.1, -0.05) is 35.4 Å². The van der Waals surface area contributed by atoms with Gasteiger partial charge in [0.25, 0.3) is 5.91 Å². The van der Waals surface area contributed by atoms with E-state index >= 15 is 0 Å². The fourth-order valence-electron chi connectivity index (χ4n) is 3.15. The van der Waals surface area contributed by atoms with Gasteiger partial charge in [-0.2, -0.15) is 0 Å². The van der Waals surface area contributed by atoms with Crippen LogP contribution >= 0.6 is 0 Å². The number of nitrogens with zero attached hydrogens (tertiary/aromatic N) is 1. The first-order chi connectivity index (χ1) is 13.3. The molecule has 6 heteroatoms. The van der Waals surface area contributed by atoms with Crippen LogP contribution in [0.15, 0.2) is 42.5 Å². The standard InChI is InChI=1S/C22H29N3O3/c1-15-10-16(2)12-17(11-15)22(27)24-14-21(26)23-13-19(25(3)4)18-8-6-7-9-20(18)28-5/h6-12,19H,13-14H2,1-5H3,(H,23,26)(H,24,27). The van der Waals surface area contributed by atoms with Gasteiger partial charge in [-0.3, -0.25) is 9.59 Å². The van der Waals surface area contributed by atoms with Crippen molar-refractivity contribution in [3.63, 3.8) is 0 Å². The second-order valence-electron chi connectivity index (χ2n) is 7.08. The fourth-order valence-corrected chi connectivity index (χ4v) is 3.15. The van der Waals surface area contributed by atoms with Crippen molar-refractivity contribution >= 4 is 11.8 Å². The quantitative estimate of drug-likeness (QED) is 0.735. The summed E-state index contributed by atoms with van der Waals surface area (Å²) in [5, 5.41) is 5.57. The van der Waals surface area contributed by atoms with Gasteiger partial charge in [0.2, 0.25) is 5.91 Å². The Morgan fingerprint density at radius 1 is 1.04 bits per heavy atom. The lowest BCUT2D eigenvalue weighted by Crippen LogP contribution is -2.40. The SMILES string of the molecule is COc1ccccc1C(CNC(=O)CNC(=O)c1cc(C)cc(C)c1)N(C)C. The van der Waals surface area contributed by atoms with Gasteiger partial charge in [0.05, 0.1) is 19.7 Å². The van der Waals surface area contributed by atoms with Crippen molar-refractivity contribution in [2.45, 2.75) is 19.9 Å². The van der Waals surface area contributed by atoms with Crippen molar-refractivity contribution in [3.05, 3.63) is 64.7 Å². The number of methoxy groups -OCH3 is 1. The molecule has 28 heavy (non-hydrogen) atoms. The molecule has 0 aliphatic heterocycles. The number of rotatable bonds is 8. The number of ether oxygens (including phenoxy) is 1. The van der Waals surface area contributed by atoms with Crippen LogP contribution in [0.1, 0.15) is 33.1 Å². The Bertz CT molecular complexity index is 813. The first-order valence-corrected chi connectivity index (χ1v) is 9.24. The molecule has 0 aliphatic rings. The third kappa shape index (κ3) is 5.82. The summed E-state index contributed by atoms with van der Waals surface area (Å²) in [6, 6.07) is 13.3. The van der Waals surface area contributed by atoms with Crippen LogP contribution in [-0.2, 0) is 4.79 Å². The van der Waals surface area contributed by atoms with Crippen LogP contribution < -0.4 is 15.4 Å². The smallest absolute Gasteiger partial charge is 0.251 e. The van der Waals surface area contributed by atoms with E-state index < -0.39 is 0 Å². The predicted octanol–water partition coefficient (Wildman–Crippen LogP) is 2.46. The van der Waals surface area contributed by atoms with Gasteiger partial charge >= 0.3 is 0 Å². The van der Waals surface area contributed by atoms with Gasteiger partial charge in [-0.25, -0.2) is 0 Å². The first-order valence-electron chi connectivity index (χ1n) is 9.24. The second kappa shape index (κ2) is 9.90. The minimum atomic E-state index is -0.254. The Balaban J connectivity index is 1.93. The molecule has 0 spiro atoms. The third-order valence-corrected chi connectivity index (χ3v) is 4.51. The van der Waals surface area contributed by atoms with E-state index in [1.54, 1.807) is 7.11 Å². The van der Waals surface area contributed by atoms with E-state index in [4.69, 9.17) is 4.74 Å². The maximum absolute atomic E-state index is 12.3. The number of hydrogen-bond acceptors (Lipinski definition) is 4. The molecule has 0 radical (unpaired) electrons. The summed E-state index contributed by atoms with van der Waals surface area (Å²) in [5.41, 5.74) is 3.58. The Hall–Kier alpha value is -2.86. The highest BCUT2D eigenvalue weighted by Crippen LogP contribution is 2.27. The average molecular weight is 383 g/mol. The van der Waals surface area contributed by atoms with E-state index in [1.807, 2.05) is 75.3 Å². The molecular formula is C22H29N3O3. The molecule has 0 bridgehead atoms. The highest BCUT2D eigenvalue weighted by atomic mass is 16.5. The molecule has 2 aromatic rings. The Labute approximate surface area is 166 Å². The lowest BCUT2D eigenvalue weighted by molar-refractivity contribution is -0.120. The molecule has 2 rings (SSSR count). The lowest BCUT2D eigenvalue weighted by Gasteiger charge is -2.26. The van der Waals surface area contributed by atoms with E-state index in [2.05, 4.69) is 10.6 Å².